The van der Waals surface area contributed by atoms with Crippen LogP contribution in [0.4, 0.5) is 5.95 Å². The zero-order chi connectivity index (χ0) is 10.3. The molecule has 0 aliphatic heterocycles. The lowest BCUT2D eigenvalue weighted by molar-refractivity contribution is 0.1000. The molecule has 0 aliphatic rings. The SMILES string of the molecule is NC(=O)c1cc(Cl)c2nc(N)nn2c1. The first kappa shape index (κ1) is 8.76. The molecule has 1 amide bonds. The quantitative estimate of drug-likeness (QED) is 0.697. The van der Waals surface area contributed by atoms with Crippen molar-refractivity contribution in [1.29, 1.82) is 0 Å². The number of pyridine rings is 1. The fraction of sp³-hybridized carbons (Fsp3) is 0. The van der Waals surface area contributed by atoms with Gasteiger partial charge >= 0.3 is 0 Å². The summed E-state index contributed by atoms with van der Waals surface area (Å²) in [6.45, 7) is 0. The van der Waals surface area contributed by atoms with E-state index in [4.69, 9.17) is 23.1 Å². The topological polar surface area (TPSA) is 99.3 Å². The maximum atomic E-state index is 10.9. The van der Waals surface area contributed by atoms with Crippen molar-refractivity contribution < 1.29 is 4.79 Å². The number of fused-ring (bicyclic) bond motifs is 1. The zero-order valence-electron chi connectivity index (χ0n) is 6.94. The Hall–Kier alpha value is -1.82. The van der Waals surface area contributed by atoms with Crippen LogP contribution in [0.5, 0.6) is 0 Å². The Balaban J connectivity index is 2.77. The number of amides is 1. The molecule has 2 rings (SSSR count). The van der Waals surface area contributed by atoms with E-state index in [0.29, 0.717) is 5.65 Å². The fourth-order valence-electron chi connectivity index (χ4n) is 1.10. The first-order chi connectivity index (χ1) is 6.58. The van der Waals surface area contributed by atoms with Crippen LogP contribution in [-0.2, 0) is 0 Å². The van der Waals surface area contributed by atoms with Gasteiger partial charge in [-0.3, -0.25) is 4.79 Å². The summed E-state index contributed by atoms with van der Waals surface area (Å²) in [5.41, 5.74) is 11.1. The van der Waals surface area contributed by atoms with Crippen molar-refractivity contribution in [2.45, 2.75) is 0 Å². The van der Waals surface area contributed by atoms with E-state index >= 15 is 0 Å². The minimum atomic E-state index is -0.581. The third kappa shape index (κ3) is 1.25. The Morgan fingerprint density at radius 2 is 2.29 bits per heavy atom. The van der Waals surface area contributed by atoms with Gasteiger partial charge in [-0.25, -0.2) is 4.52 Å². The summed E-state index contributed by atoms with van der Waals surface area (Å²) in [6, 6.07) is 1.42. The van der Waals surface area contributed by atoms with Gasteiger partial charge in [-0.2, -0.15) is 4.98 Å². The number of nitrogens with two attached hydrogens (primary N) is 2. The monoisotopic (exact) mass is 211 g/mol. The van der Waals surface area contributed by atoms with Gasteiger partial charge in [-0.05, 0) is 6.07 Å². The number of nitrogens with zero attached hydrogens (tertiary/aromatic N) is 3. The highest BCUT2D eigenvalue weighted by atomic mass is 35.5. The average Bonchev–Trinajstić information content (AvgIpc) is 2.45. The molecule has 0 fully saturated rings. The molecule has 2 heterocycles. The molecule has 7 heteroatoms. The van der Waals surface area contributed by atoms with E-state index in [-0.39, 0.29) is 16.5 Å². The summed E-state index contributed by atoms with van der Waals surface area (Å²) in [7, 11) is 0. The Labute approximate surface area is 83.5 Å². The average molecular weight is 212 g/mol. The molecule has 0 saturated carbocycles. The third-order valence-corrected chi connectivity index (χ3v) is 1.97. The molecule has 0 saturated heterocycles. The molecule has 6 nitrogen and oxygen atoms in total. The van der Waals surface area contributed by atoms with E-state index in [9.17, 15) is 4.79 Å². The number of nitrogen functional groups attached to an aromatic ring is 1. The summed E-state index contributed by atoms with van der Waals surface area (Å²) in [5, 5.41) is 4.09. The number of carbonyl (C=O) groups is 1. The Morgan fingerprint density at radius 3 is 2.93 bits per heavy atom. The van der Waals surface area contributed by atoms with Gasteiger partial charge < -0.3 is 11.5 Å². The van der Waals surface area contributed by atoms with Crippen LogP contribution < -0.4 is 11.5 Å². The number of primary amides is 1. The van der Waals surface area contributed by atoms with Gasteiger partial charge in [0.05, 0.1) is 10.6 Å². The Morgan fingerprint density at radius 1 is 1.57 bits per heavy atom. The Bertz CT molecular complexity index is 520. The van der Waals surface area contributed by atoms with Crippen molar-refractivity contribution in [3.63, 3.8) is 0 Å². The van der Waals surface area contributed by atoms with E-state index in [0.717, 1.165) is 0 Å². The first-order valence-corrected chi connectivity index (χ1v) is 4.07. The van der Waals surface area contributed by atoms with Gasteiger partial charge in [0.15, 0.2) is 5.65 Å². The highest BCUT2D eigenvalue weighted by Crippen LogP contribution is 2.17. The van der Waals surface area contributed by atoms with Crippen molar-refractivity contribution >= 4 is 29.1 Å². The van der Waals surface area contributed by atoms with Crippen LogP contribution in [0.25, 0.3) is 5.65 Å². The summed E-state index contributed by atoms with van der Waals surface area (Å²) in [5.74, 6) is -0.489. The van der Waals surface area contributed by atoms with E-state index in [1.165, 1.54) is 16.8 Å². The van der Waals surface area contributed by atoms with Crippen molar-refractivity contribution in [2.24, 2.45) is 5.73 Å². The number of hydrogen-bond donors (Lipinski definition) is 2. The normalized spacial score (nSPS) is 10.6. The largest absolute Gasteiger partial charge is 0.366 e. The summed E-state index contributed by atoms with van der Waals surface area (Å²) in [6.07, 6.45) is 1.42. The minimum Gasteiger partial charge on any atom is -0.366 e. The first-order valence-electron chi connectivity index (χ1n) is 3.69. The van der Waals surface area contributed by atoms with Crippen LogP contribution in [0.15, 0.2) is 12.3 Å². The number of aromatic nitrogens is 3. The lowest BCUT2D eigenvalue weighted by Gasteiger charge is -1.97. The van der Waals surface area contributed by atoms with E-state index in [1.54, 1.807) is 0 Å². The van der Waals surface area contributed by atoms with Gasteiger partial charge in [0.2, 0.25) is 11.9 Å². The van der Waals surface area contributed by atoms with Crippen molar-refractivity contribution in [3.8, 4) is 0 Å². The van der Waals surface area contributed by atoms with Crippen LogP contribution in [0, 0.1) is 0 Å². The fourth-order valence-corrected chi connectivity index (χ4v) is 1.34. The number of anilines is 1. The van der Waals surface area contributed by atoms with Crippen LogP contribution in [0.2, 0.25) is 5.02 Å². The lowest BCUT2D eigenvalue weighted by Crippen LogP contribution is -2.12. The lowest BCUT2D eigenvalue weighted by atomic mass is 10.3. The van der Waals surface area contributed by atoms with Crippen LogP contribution in [0.3, 0.4) is 0 Å². The van der Waals surface area contributed by atoms with Crippen molar-refractivity contribution in [2.75, 3.05) is 5.73 Å². The van der Waals surface area contributed by atoms with Crippen molar-refractivity contribution in [1.82, 2.24) is 14.6 Å². The van der Waals surface area contributed by atoms with Gasteiger partial charge in [0.1, 0.15) is 0 Å². The van der Waals surface area contributed by atoms with Gasteiger partial charge in [0.25, 0.3) is 0 Å². The molecule has 0 bridgehead atoms. The number of rotatable bonds is 1. The second kappa shape index (κ2) is 2.85. The smallest absolute Gasteiger partial charge is 0.250 e. The summed E-state index contributed by atoms with van der Waals surface area (Å²) in [4.78, 5) is 14.7. The second-order valence-electron chi connectivity index (χ2n) is 2.68. The van der Waals surface area contributed by atoms with E-state index in [2.05, 4.69) is 10.1 Å². The maximum Gasteiger partial charge on any atom is 0.250 e. The number of halogens is 1. The maximum absolute atomic E-state index is 10.9. The zero-order valence-corrected chi connectivity index (χ0v) is 7.69. The van der Waals surface area contributed by atoms with Gasteiger partial charge in [-0.1, -0.05) is 11.6 Å². The highest BCUT2D eigenvalue weighted by Gasteiger charge is 2.09. The van der Waals surface area contributed by atoms with Crippen molar-refractivity contribution in [3.05, 3.63) is 22.8 Å². The van der Waals surface area contributed by atoms with Crippen LogP contribution >= 0.6 is 11.6 Å². The molecule has 0 unspecified atom stereocenters. The predicted molar refractivity (Wildman–Crippen MR) is 50.9 cm³/mol. The van der Waals surface area contributed by atoms with E-state index in [1.807, 2.05) is 0 Å². The minimum absolute atomic E-state index is 0.0912. The highest BCUT2D eigenvalue weighted by molar-refractivity contribution is 6.33. The molecular weight excluding hydrogens is 206 g/mol. The van der Waals surface area contributed by atoms with Crippen LogP contribution in [-0.4, -0.2) is 20.5 Å². The molecule has 0 radical (unpaired) electrons. The molecule has 0 aliphatic carbocycles. The standard InChI is InChI=1S/C7H6ClN5O/c8-4-1-3(5(9)14)2-13-6(4)11-7(10)12-13/h1-2H,(H2,9,14)(H2,10,12). The molecule has 72 valence electrons. The number of carbonyl (C=O) groups excluding carboxylic acids is 1. The molecule has 14 heavy (non-hydrogen) atoms. The van der Waals surface area contributed by atoms with Crippen LogP contribution in [0.1, 0.15) is 10.4 Å². The molecule has 2 aromatic heterocycles. The Kier molecular flexibility index (Phi) is 1.78. The molecule has 0 aromatic carbocycles. The van der Waals surface area contributed by atoms with E-state index < -0.39 is 5.91 Å². The molecule has 4 N–H and O–H groups in total. The predicted octanol–water partition coefficient (Wildman–Crippen LogP) is 0.0638. The number of hydrogen-bond acceptors (Lipinski definition) is 4. The third-order valence-electron chi connectivity index (χ3n) is 1.69. The molecule has 0 spiro atoms. The van der Waals surface area contributed by atoms with Gasteiger partial charge in [-0.15, -0.1) is 5.10 Å². The summed E-state index contributed by atoms with van der Waals surface area (Å²) < 4.78 is 1.32. The molecule has 0 atom stereocenters. The molecular formula is C7H6ClN5O. The molecule has 2 aromatic rings. The summed E-state index contributed by atoms with van der Waals surface area (Å²) >= 11 is 5.83. The second-order valence-corrected chi connectivity index (χ2v) is 3.09. The van der Waals surface area contributed by atoms with Gasteiger partial charge in [0, 0.05) is 6.20 Å².